The quantitative estimate of drug-likeness (QED) is 0.755. The Morgan fingerprint density at radius 3 is 2.67 bits per heavy atom. The molecule has 0 spiro atoms. The van der Waals surface area contributed by atoms with Crippen LogP contribution in [0.15, 0.2) is 30.5 Å². The lowest BCUT2D eigenvalue weighted by Gasteiger charge is -2.02. The molecule has 0 unspecified atom stereocenters. The molecule has 4 nitrogen and oxygen atoms in total. The molecule has 2 N–H and O–H groups in total. The fourth-order valence-electron chi connectivity index (χ4n) is 1.47. The van der Waals surface area contributed by atoms with Gasteiger partial charge in [-0.25, -0.2) is 0 Å². The van der Waals surface area contributed by atoms with Gasteiger partial charge >= 0.3 is 0 Å². The number of nitrogen functional groups attached to an aromatic ring is 1. The first-order valence-electron chi connectivity index (χ1n) is 4.51. The van der Waals surface area contributed by atoms with E-state index < -0.39 is 0 Å². The lowest BCUT2D eigenvalue weighted by atomic mass is 10.0. The van der Waals surface area contributed by atoms with Crippen LogP contribution in [0.25, 0.3) is 11.1 Å². The SMILES string of the molecule is Cn1ncc(-c2ccccc2C#N)c1N. The molecule has 2 aromatic rings. The summed E-state index contributed by atoms with van der Waals surface area (Å²) in [6.45, 7) is 0. The van der Waals surface area contributed by atoms with Gasteiger partial charge in [0, 0.05) is 18.2 Å². The maximum absolute atomic E-state index is 8.96. The molecule has 15 heavy (non-hydrogen) atoms. The molecule has 1 heterocycles. The van der Waals surface area contributed by atoms with Gasteiger partial charge in [0.25, 0.3) is 0 Å². The number of benzene rings is 1. The summed E-state index contributed by atoms with van der Waals surface area (Å²) < 4.78 is 1.59. The Morgan fingerprint density at radius 2 is 2.07 bits per heavy atom. The largest absolute Gasteiger partial charge is 0.383 e. The van der Waals surface area contributed by atoms with Crippen LogP contribution >= 0.6 is 0 Å². The van der Waals surface area contributed by atoms with Crippen molar-refractivity contribution >= 4 is 5.82 Å². The summed E-state index contributed by atoms with van der Waals surface area (Å²) >= 11 is 0. The van der Waals surface area contributed by atoms with Crippen molar-refractivity contribution < 1.29 is 0 Å². The van der Waals surface area contributed by atoms with Crippen LogP contribution in [0.2, 0.25) is 0 Å². The van der Waals surface area contributed by atoms with Gasteiger partial charge in [-0.1, -0.05) is 18.2 Å². The second-order valence-electron chi connectivity index (χ2n) is 3.22. The topological polar surface area (TPSA) is 67.6 Å². The zero-order valence-corrected chi connectivity index (χ0v) is 8.31. The Bertz CT molecular complexity index is 534. The van der Waals surface area contributed by atoms with E-state index in [4.69, 9.17) is 11.0 Å². The third kappa shape index (κ3) is 1.44. The molecule has 2 rings (SSSR count). The highest BCUT2D eigenvalue weighted by Gasteiger charge is 2.10. The highest BCUT2D eigenvalue weighted by atomic mass is 15.3. The molecule has 74 valence electrons. The molecule has 0 saturated carbocycles. The van der Waals surface area contributed by atoms with Crippen LogP contribution < -0.4 is 5.73 Å². The number of nitrogens with zero attached hydrogens (tertiary/aromatic N) is 3. The standard InChI is InChI=1S/C11H10N4/c1-15-11(13)10(7-14-15)9-5-3-2-4-8(9)6-12/h2-5,7H,13H2,1H3. The second-order valence-corrected chi connectivity index (χ2v) is 3.22. The molecule has 1 aromatic carbocycles. The van der Waals surface area contributed by atoms with E-state index in [1.54, 1.807) is 24.0 Å². The lowest BCUT2D eigenvalue weighted by Crippen LogP contribution is -1.98. The number of anilines is 1. The highest BCUT2D eigenvalue weighted by Crippen LogP contribution is 2.27. The van der Waals surface area contributed by atoms with Crippen molar-refractivity contribution in [3.8, 4) is 17.2 Å². The van der Waals surface area contributed by atoms with E-state index in [0.717, 1.165) is 11.1 Å². The van der Waals surface area contributed by atoms with E-state index in [1.165, 1.54) is 0 Å². The van der Waals surface area contributed by atoms with Crippen LogP contribution in [0.1, 0.15) is 5.56 Å². The molecule has 0 aliphatic heterocycles. The van der Waals surface area contributed by atoms with Crippen molar-refractivity contribution in [2.24, 2.45) is 7.05 Å². The van der Waals surface area contributed by atoms with Gasteiger partial charge < -0.3 is 5.73 Å². The van der Waals surface area contributed by atoms with Crippen molar-refractivity contribution in [3.63, 3.8) is 0 Å². The summed E-state index contributed by atoms with van der Waals surface area (Å²) in [6.07, 6.45) is 1.67. The maximum Gasteiger partial charge on any atom is 0.129 e. The van der Waals surface area contributed by atoms with Crippen molar-refractivity contribution in [1.29, 1.82) is 5.26 Å². The van der Waals surface area contributed by atoms with Crippen LogP contribution in [0, 0.1) is 11.3 Å². The molecule has 0 bridgehead atoms. The zero-order chi connectivity index (χ0) is 10.8. The van der Waals surface area contributed by atoms with E-state index in [-0.39, 0.29) is 0 Å². The summed E-state index contributed by atoms with van der Waals surface area (Å²) in [5.41, 5.74) is 8.08. The van der Waals surface area contributed by atoms with Gasteiger partial charge in [-0.3, -0.25) is 4.68 Å². The van der Waals surface area contributed by atoms with Gasteiger partial charge in [0.1, 0.15) is 5.82 Å². The lowest BCUT2D eigenvalue weighted by molar-refractivity contribution is 0.779. The minimum absolute atomic E-state index is 0.567. The molecular weight excluding hydrogens is 188 g/mol. The number of aromatic nitrogens is 2. The monoisotopic (exact) mass is 198 g/mol. The summed E-state index contributed by atoms with van der Waals surface area (Å²) in [7, 11) is 1.77. The van der Waals surface area contributed by atoms with Crippen molar-refractivity contribution in [2.75, 3.05) is 5.73 Å². The Kier molecular flexibility index (Phi) is 2.14. The van der Waals surface area contributed by atoms with Gasteiger partial charge in [-0.2, -0.15) is 10.4 Å². The smallest absolute Gasteiger partial charge is 0.129 e. The van der Waals surface area contributed by atoms with E-state index in [2.05, 4.69) is 11.2 Å². The number of hydrogen-bond acceptors (Lipinski definition) is 3. The Hall–Kier alpha value is -2.28. The Balaban J connectivity index is 2.65. The van der Waals surface area contributed by atoms with Gasteiger partial charge in [0.15, 0.2) is 0 Å². The number of nitriles is 1. The number of aryl methyl sites for hydroxylation is 1. The fraction of sp³-hybridized carbons (Fsp3) is 0.0909. The van der Waals surface area contributed by atoms with Gasteiger partial charge in [0.05, 0.1) is 17.8 Å². The zero-order valence-electron chi connectivity index (χ0n) is 8.31. The number of hydrogen-bond donors (Lipinski definition) is 1. The number of nitrogens with two attached hydrogens (primary N) is 1. The second kappa shape index (κ2) is 3.46. The molecule has 0 aliphatic rings. The molecule has 4 heteroatoms. The molecule has 0 atom stereocenters. The van der Waals surface area contributed by atoms with Crippen molar-refractivity contribution in [3.05, 3.63) is 36.0 Å². The average Bonchev–Trinajstić information content (AvgIpc) is 2.60. The predicted octanol–water partition coefficient (Wildman–Crippen LogP) is 1.54. The van der Waals surface area contributed by atoms with Gasteiger partial charge in [0.2, 0.25) is 0 Å². The van der Waals surface area contributed by atoms with Crippen LogP contribution in [0.3, 0.4) is 0 Å². The molecule has 1 aromatic heterocycles. The minimum atomic E-state index is 0.567. The Morgan fingerprint density at radius 1 is 1.33 bits per heavy atom. The highest BCUT2D eigenvalue weighted by molar-refractivity contribution is 5.77. The van der Waals surface area contributed by atoms with Gasteiger partial charge in [-0.05, 0) is 6.07 Å². The fourth-order valence-corrected chi connectivity index (χ4v) is 1.47. The van der Waals surface area contributed by atoms with E-state index >= 15 is 0 Å². The molecule has 0 fully saturated rings. The molecule has 0 amide bonds. The van der Waals surface area contributed by atoms with E-state index in [0.29, 0.717) is 11.4 Å². The Labute approximate surface area is 87.6 Å². The molecule has 0 aliphatic carbocycles. The molecule has 0 radical (unpaired) electrons. The van der Waals surface area contributed by atoms with Crippen LogP contribution in [0.5, 0.6) is 0 Å². The van der Waals surface area contributed by atoms with E-state index in [1.807, 2.05) is 18.2 Å². The minimum Gasteiger partial charge on any atom is -0.383 e. The first kappa shape index (κ1) is 9.28. The van der Waals surface area contributed by atoms with Gasteiger partial charge in [-0.15, -0.1) is 0 Å². The molecule has 0 saturated heterocycles. The predicted molar refractivity (Wildman–Crippen MR) is 57.8 cm³/mol. The van der Waals surface area contributed by atoms with Crippen LogP contribution in [-0.4, -0.2) is 9.78 Å². The summed E-state index contributed by atoms with van der Waals surface area (Å²) in [5.74, 6) is 0.567. The molecular formula is C11H10N4. The summed E-state index contributed by atoms with van der Waals surface area (Å²) in [6, 6.07) is 9.48. The van der Waals surface area contributed by atoms with Crippen LogP contribution in [0.4, 0.5) is 5.82 Å². The van der Waals surface area contributed by atoms with Crippen molar-refractivity contribution in [1.82, 2.24) is 9.78 Å². The van der Waals surface area contributed by atoms with E-state index in [9.17, 15) is 0 Å². The van der Waals surface area contributed by atoms with Crippen molar-refractivity contribution in [2.45, 2.75) is 0 Å². The number of rotatable bonds is 1. The first-order valence-corrected chi connectivity index (χ1v) is 4.51. The summed E-state index contributed by atoms with van der Waals surface area (Å²) in [4.78, 5) is 0. The third-order valence-electron chi connectivity index (χ3n) is 2.32. The maximum atomic E-state index is 8.96. The normalized spacial score (nSPS) is 9.87. The third-order valence-corrected chi connectivity index (χ3v) is 2.32. The van der Waals surface area contributed by atoms with Crippen LogP contribution in [-0.2, 0) is 7.05 Å². The average molecular weight is 198 g/mol. The first-order chi connectivity index (χ1) is 7.24. The summed E-state index contributed by atoms with van der Waals surface area (Å²) in [5, 5.41) is 13.0.